The van der Waals surface area contributed by atoms with E-state index in [0.717, 1.165) is 17.9 Å². The minimum atomic E-state index is -0.200. The highest BCUT2D eigenvalue weighted by atomic mass is 32.2. The molecule has 7 heteroatoms. The van der Waals surface area contributed by atoms with Gasteiger partial charge >= 0.3 is 0 Å². The van der Waals surface area contributed by atoms with Gasteiger partial charge in [-0.2, -0.15) is 0 Å². The van der Waals surface area contributed by atoms with Crippen LogP contribution in [-0.4, -0.2) is 47.1 Å². The Morgan fingerprint density at radius 3 is 2.54 bits per heavy atom. The standard InChI is InChI=1S/C17H19N3O3S/c1-24-15-3-2-14(23-15)16(21)19-13-6-10-20(11-7-13)17(22)12-4-8-18-9-5-12/h2-5,8-9,13H,6-7,10-11H2,1H3,(H,19,21). The van der Waals surface area contributed by atoms with E-state index in [4.69, 9.17) is 4.42 Å². The van der Waals surface area contributed by atoms with Crippen molar-refractivity contribution in [2.45, 2.75) is 24.0 Å². The molecule has 1 aliphatic heterocycles. The summed E-state index contributed by atoms with van der Waals surface area (Å²) in [5.74, 6) is 0.140. The lowest BCUT2D eigenvalue weighted by Crippen LogP contribution is -2.46. The normalized spacial score (nSPS) is 15.3. The van der Waals surface area contributed by atoms with E-state index in [1.54, 1.807) is 36.7 Å². The highest BCUT2D eigenvalue weighted by Crippen LogP contribution is 2.19. The molecule has 6 nitrogen and oxygen atoms in total. The maximum atomic E-state index is 12.4. The summed E-state index contributed by atoms with van der Waals surface area (Å²) < 4.78 is 5.43. The van der Waals surface area contributed by atoms with E-state index in [0.29, 0.717) is 24.4 Å². The molecule has 1 saturated heterocycles. The fourth-order valence-corrected chi connectivity index (χ4v) is 3.09. The lowest BCUT2D eigenvalue weighted by Gasteiger charge is -2.32. The molecule has 1 aliphatic rings. The first-order chi connectivity index (χ1) is 11.7. The van der Waals surface area contributed by atoms with Crippen LogP contribution in [-0.2, 0) is 0 Å². The Morgan fingerprint density at radius 2 is 1.92 bits per heavy atom. The number of nitrogens with one attached hydrogen (secondary N) is 1. The van der Waals surface area contributed by atoms with Crippen LogP contribution in [0.25, 0.3) is 0 Å². The SMILES string of the molecule is CSc1ccc(C(=O)NC2CCN(C(=O)c3ccncc3)CC2)o1. The molecule has 3 rings (SSSR count). The van der Waals surface area contributed by atoms with Gasteiger partial charge in [0.25, 0.3) is 11.8 Å². The van der Waals surface area contributed by atoms with Gasteiger partial charge in [-0.25, -0.2) is 0 Å². The number of rotatable bonds is 4. The Balaban J connectivity index is 1.52. The van der Waals surface area contributed by atoms with Crippen molar-refractivity contribution in [1.29, 1.82) is 0 Å². The summed E-state index contributed by atoms with van der Waals surface area (Å²) in [5.41, 5.74) is 0.646. The van der Waals surface area contributed by atoms with Gasteiger partial charge in [-0.15, -0.1) is 0 Å². The third kappa shape index (κ3) is 3.79. The van der Waals surface area contributed by atoms with E-state index in [1.807, 2.05) is 11.2 Å². The van der Waals surface area contributed by atoms with Gasteiger partial charge < -0.3 is 14.6 Å². The quantitative estimate of drug-likeness (QED) is 0.862. The first-order valence-corrected chi connectivity index (χ1v) is 9.04. The molecule has 3 heterocycles. The minimum absolute atomic E-state index is 0.0119. The molecule has 0 unspecified atom stereocenters. The zero-order valence-corrected chi connectivity index (χ0v) is 14.2. The molecule has 0 atom stereocenters. The number of piperidine rings is 1. The van der Waals surface area contributed by atoms with Crippen LogP contribution in [0.2, 0.25) is 0 Å². The fourth-order valence-electron chi connectivity index (χ4n) is 2.71. The summed E-state index contributed by atoms with van der Waals surface area (Å²) in [6.07, 6.45) is 6.60. The van der Waals surface area contributed by atoms with E-state index in [1.165, 1.54) is 11.8 Å². The number of thioether (sulfide) groups is 1. The Labute approximate surface area is 144 Å². The van der Waals surface area contributed by atoms with Crippen LogP contribution in [0.15, 0.2) is 46.2 Å². The first-order valence-electron chi connectivity index (χ1n) is 7.81. The van der Waals surface area contributed by atoms with Gasteiger partial charge in [-0.05, 0) is 43.4 Å². The van der Waals surface area contributed by atoms with Crippen LogP contribution < -0.4 is 5.32 Å². The second-order valence-corrected chi connectivity index (χ2v) is 6.41. The van der Waals surface area contributed by atoms with Gasteiger partial charge in [0.1, 0.15) is 0 Å². The Kier molecular flexibility index (Phi) is 5.20. The molecule has 0 aliphatic carbocycles. The summed E-state index contributed by atoms with van der Waals surface area (Å²) >= 11 is 1.46. The van der Waals surface area contributed by atoms with Crippen molar-refractivity contribution in [2.75, 3.05) is 19.3 Å². The van der Waals surface area contributed by atoms with E-state index in [9.17, 15) is 9.59 Å². The molecule has 2 aromatic heterocycles. The average Bonchev–Trinajstić information content (AvgIpc) is 3.12. The molecule has 2 amide bonds. The number of hydrogen-bond acceptors (Lipinski definition) is 5. The number of carbonyl (C=O) groups is 2. The van der Waals surface area contributed by atoms with Gasteiger partial charge in [0.2, 0.25) is 0 Å². The number of furan rings is 1. The summed E-state index contributed by atoms with van der Waals surface area (Å²) in [6, 6.07) is 6.97. The molecule has 1 fully saturated rings. The Morgan fingerprint density at radius 1 is 1.21 bits per heavy atom. The van der Waals surface area contributed by atoms with Gasteiger partial charge in [0.05, 0.1) is 0 Å². The summed E-state index contributed by atoms with van der Waals surface area (Å²) in [4.78, 5) is 30.3. The number of pyridine rings is 1. The van der Waals surface area contributed by atoms with Crippen LogP contribution in [0.4, 0.5) is 0 Å². The number of hydrogen-bond donors (Lipinski definition) is 1. The lowest BCUT2D eigenvalue weighted by atomic mass is 10.0. The van der Waals surface area contributed by atoms with E-state index < -0.39 is 0 Å². The molecule has 0 radical (unpaired) electrons. The van der Waals surface area contributed by atoms with Crippen LogP contribution in [0, 0.1) is 0 Å². The molecule has 1 N–H and O–H groups in total. The largest absolute Gasteiger partial charge is 0.445 e. The van der Waals surface area contributed by atoms with Crippen molar-refractivity contribution in [3.05, 3.63) is 48.0 Å². The molecular formula is C17H19N3O3S. The van der Waals surface area contributed by atoms with Gasteiger partial charge in [0, 0.05) is 37.1 Å². The van der Waals surface area contributed by atoms with E-state index >= 15 is 0 Å². The highest BCUT2D eigenvalue weighted by molar-refractivity contribution is 7.98. The number of carbonyl (C=O) groups excluding carboxylic acids is 2. The second kappa shape index (κ2) is 7.53. The predicted octanol–water partition coefficient (Wildman–Crippen LogP) is 2.43. The van der Waals surface area contributed by atoms with Crippen LogP contribution in [0.5, 0.6) is 0 Å². The van der Waals surface area contributed by atoms with Crippen molar-refractivity contribution >= 4 is 23.6 Å². The molecule has 2 aromatic rings. The highest BCUT2D eigenvalue weighted by Gasteiger charge is 2.25. The van der Waals surface area contributed by atoms with Gasteiger partial charge in [-0.1, -0.05) is 11.8 Å². The summed E-state index contributed by atoms with van der Waals surface area (Å²) in [7, 11) is 0. The summed E-state index contributed by atoms with van der Waals surface area (Å²) in [5, 5.41) is 3.70. The zero-order chi connectivity index (χ0) is 16.9. The molecule has 24 heavy (non-hydrogen) atoms. The monoisotopic (exact) mass is 345 g/mol. The molecule has 126 valence electrons. The number of likely N-dealkylation sites (tertiary alicyclic amines) is 1. The fraction of sp³-hybridized carbons (Fsp3) is 0.353. The third-order valence-corrected chi connectivity index (χ3v) is 4.67. The number of amides is 2. The topological polar surface area (TPSA) is 75.4 Å². The van der Waals surface area contributed by atoms with Gasteiger partial charge in [-0.3, -0.25) is 14.6 Å². The second-order valence-electron chi connectivity index (χ2n) is 5.60. The van der Waals surface area contributed by atoms with Crippen LogP contribution in [0.1, 0.15) is 33.8 Å². The summed E-state index contributed by atoms with van der Waals surface area (Å²) in [6.45, 7) is 1.25. The van der Waals surface area contributed by atoms with Crippen LogP contribution in [0.3, 0.4) is 0 Å². The van der Waals surface area contributed by atoms with Crippen molar-refractivity contribution in [3.8, 4) is 0 Å². The van der Waals surface area contributed by atoms with Crippen molar-refractivity contribution in [3.63, 3.8) is 0 Å². The molecule has 0 aromatic carbocycles. The predicted molar refractivity (Wildman–Crippen MR) is 91.1 cm³/mol. The van der Waals surface area contributed by atoms with Crippen LogP contribution >= 0.6 is 11.8 Å². The minimum Gasteiger partial charge on any atom is -0.445 e. The van der Waals surface area contributed by atoms with E-state index in [2.05, 4.69) is 10.3 Å². The number of aromatic nitrogens is 1. The maximum absolute atomic E-state index is 12.4. The van der Waals surface area contributed by atoms with Gasteiger partial charge in [0.15, 0.2) is 10.9 Å². The van der Waals surface area contributed by atoms with Crippen molar-refractivity contribution in [1.82, 2.24) is 15.2 Å². The maximum Gasteiger partial charge on any atom is 0.287 e. The first kappa shape index (κ1) is 16.6. The third-order valence-electron chi connectivity index (χ3n) is 4.05. The Hall–Kier alpha value is -2.28. The lowest BCUT2D eigenvalue weighted by molar-refractivity contribution is 0.0695. The van der Waals surface area contributed by atoms with Crippen molar-refractivity contribution < 1.29 is 14.0 Å². The molecule has 0 bridgehead atoms. The molecule has 0 spiro atoms. The van der Waals surface area contributed by atoms with Crippen molar-refractivity contribution in [2.24, 2.45) is 0 Å². The van der Waals surface area contributed by atoms with E-state index in [-0.39, 0.29) is 17.9 Å². The average molecular weight is 345 g/mol. The molecule has 0 saturated carbocycles. The molecular weight excluding hydrogens is 326 g/mol. The number of nitrogens with zero attached hydrogens (tertiary/aromatic N) is 2. The Bertz CT molecular complexity index is 709. The smallest absolute Gasteiger partial charge is 0.287 e. The zero-order valence-electron chi connectivity index (χ0n) is 13.4.